The molecule has 1 aromatic carbocycles. The summed E-state index contributed by atoms with van der Waals surface area (Å²) in [5.74, 6) is 2.29. The van der Waals surface area contributed by atoms with Crippen LogP contribution < -0.4 is 9.47 Å². The molecular formula is C25H27N3O4S. The zero-order valence-electron chi connectivity index (χ0n) is 18.8. The zero-order valence-corrected chi connectivity index (χ0v) is 19.6. The SMILES string of the molecule is COc1ccc(OC)c(CN(CC(=O)N2N=C(c3cccs3)CC2c2ccco2)C2CC2)c1. The first-order chi connectivity index (χ1) is 16.2. The van der Waals surface area contributed by atoms with Crippen LogP contribution >= 0.6 is 11.3 Å². The van der Waals surface area contributed by atoms with Gasteiger partial charge in [0.05, 0.1) is 37.6 Å². The lowest BCUT2D eigenvalue weighted by atomic mass is 10.1. The highest BCUT2D eigenvalue weighted by molar-refractivity contribution is 7.12. The number of carbonyl (C=O) groups is 1. The molecule has 3 aromatic rings. The minimum atomic E-state index is -0.225. The van der Waals surface area contributed by atoms with Crippen LogP contribution in [0.3, 0.4) is 0 Å². The monoisotopic (exact) mass is 465 g/mol. The van der Waals surface area contributed by atoms with E-state index in [1.807, 2.05) is 47.8 Å². The van der Waals surface area contributed by atoms with Crippen LogP contribution in [0.2, 0.25) is 0 Å². The number of thiophene rings is 1. The minimum Gasteiger partial charge on any atom is -0.497 e. The molecule has 1 saturated carbocycles. The fourth-order valence-corrected chi connectivity index (χ4v) is 4.98. The molecule has 0 radical (unpaired) electrons. The Morgan fingerprint density at radius 3 is 2.76 bits per heavy atom. The van der Waals surface area contributed by atoms with Gasteiger partial charge in [-0.1, -0.05) is 6.07 Å². The Balaban J connectivity index is 1.38. The molecule has 1 atom stereocenters. The van der Waals surface area contributed by atoms with Crippen LogP contribution in [0.4, 0.5) is 0 Å². The minimum absolute atomic E-state index is 0.0308. The molecule has 172 valence electrons. The molecule has 1 aliphatic carbocycles. The lowest BCUT2D eigenvalue weighted by molar-refractivity contribution is -0.134. The van der Waals surface area contributed by atoms with E-state index in [9.17, 15) is 4.79 Å². The van der Waals surface area contributed by atoms with Crippen molar-refractivity contribution in [2.24, 2.45) is 5.10 Å². The maximum atomic E-state index is 13.6. The smallest absolute Gasteiger partial charge is 0.257 e. The van der Waals surface area contributed by atoms with Crippen LogP contribution in [0.5, 0.6) is 11.5 Å². The molecule has 1 fully saturated rings. The van der Waals surface area contributed by atoms with E-state index in [2.05, 4.69) is 4.90 Å². The first-order valence-electron chi connectivity index (χ1n) is 11.1. The summed E-state index contributed by atoms with van der Waals surface area (Å²) in [6.07, 6.45) is 4.47. The van der Waals surface area contributed by atoms with Crippen molar-refractivity contribution >= 4 is 23.0 Å². The van der Waals surface area contributed by atoms with Gasteiger partial charge in [-0.25, -0.2) is 5.01 Å². The van der Waals surface area contributed by atoms with Gasteiger partial charge in [0.25, 0.3) is 5.91 Å². The van der Waals surface area contributed by atoms with Crippen molar-refractivity contribution in [3.63, 3.8) is 0 Å². The van der Waals surface area contributed by atoms with Gasteiger partial charge < -0.3 is 13.9 Å². The average Bonchev–Trinajstić information content (AvgIpc) is 3.24. The predicted octanol–water partition coefficient (Wildman–Crippen LogP) is 4.70. The Kier molecular flexibility index (Phi) is 6.20. The van der Waals surface area contributed by atoms with Crippen LogP contribution in [0.25, 0.3) is 0 Å². The summed E-state index contributed by atoms with van der Waals surface area (Å²) < 4.78 is 16.6. The van der Waals surface area contributed by atoms with E-state index in [-0.39, 0.29) is 18.5 Å². The van der Waals surface area contributed by atoms with E-state index >= 15 is 0 Å². The molecule has 0 saturated heterocycles. The fraction of sp³-hybridized carbons (Fsp3) is 0.360. The maximum absolute atomic E-state index is 13.6. The van der Waals surface area contributed by atoms with Crippen molar-refractivity contribution in [1.29, 1.82) is 0 Å². The summed E-state index contributed by atoms with van der Waals surface area (Å²) in [5.41, 5.74) is 1.93. The average molecular weight is 466 g/mol. The Morgan fingerprint density at radius 1 is 1.21 bits per heavy atom. The molecule has 2 aliphatic rings. The second-order valence-corrected chi connectivity index (χ2v) is 9.26. The third kappa shape index (κ3) is 4.67. The first-order valence-corrected chi connectivity index (χ1v) is 12.0. The number of hydrazone groups is 1. The maximum Gasteiger partial charge on any atom is 0.257 e. The van der Waals surface area contributed by atoms with E-state index in [4.69, 9.17) is 19.0 Å². The molecule has 0 N–H and O–H groups in total. The van der Waals surface area contributed by atoms with Crippen molar-refractivity contribution < 1.29 is 18.7 Å². The number of nitrogens with zero attached hydrogens (tertiary/aromatic N) is 3. The number of ether oxygens (including phenoxy) is 2. The van der Waals surface area contributed by atoms with Gasteiger partial charge in [0.1, 0.15) is 23.3 Å². The predicted molar refractivity (Wildman–Crippen MR) is 127 cm³/mol. The Bertz CT molecular complexity index is 1120. The lowest BCUT2D eigenvalue weighted by Crippen LogP contribution is -2.39. The van der Waals surface area contributed by atoms with Crippen LogP contribution in [0, 0.1) is 0 Å². The molecular weight excluding hydrogens is 438 g/mol. The molecule has 1 aliphatic heterocycles. The number of benzene rings is 1. The second-order valence-electron chi connectivity index (χ2n) is 8.31. The van der Waals surface area contributed by atoms with Crippen LogP contribution in [0.1, 0.15) is 41.5 Å². The number of hydrogen-bond acceptors (Lipinski definition) is 7. The molecule has 8 heteroatoms. The van der Waals surface area contributed by atoms with Gasteiger partial charge in [-0.2, -0.15) is 5.10 Å². The van der Waals surface area contributed by atoms with Gasteiger partial charge >= 0.3 is 0 Å². The van der Waals surface area contributed by atoms with Crippen LogP contribution in [-0.4, -0.2) is 48.3 Å². The number of carbonyl (C=O) groups excluding carboxylic acids is 1. The summed E-state index contributed by atoms with van der Waals surface area (Å²) in [4.78, 5) is 16.9. The molecule has 7 nitrogen and oxygen atoms in total. The van der Waals surface area contributed by atoms with Gasteiger partial charge in [-0.05, 0) is 54.6 Å². The third-order valence-electron chi connectivity index (χ3n) is 6.11. The normalized spacial score (nSPS) is 18.0. The summed E-state index contributed by atoms with van der Waals surface area (Å²) in [6, 6.07) is 13.7. The standard InChI is InChI=1S/C25H27N3O4S/c1-30-19-9-10-22(31-2)17(13-19)15-27(18-7-8-18)16-25(29)28-21(23-5-3-11-32-23)14-20(26-28)24-6-4-12-33-24/h3-6,9-13,18,21H,7-8,14-16H2,1-2H3. The third-order valence-corrected chi connectivity index (χ3v) is 7.02. The molecule has 1 unspecified atom stereocenters. The number of furan rings is 1. The quantitative estimate of drug-likeness (QED) is 0.458. The Labute approximate surface area is 197 Å². The van der Waals surface area contributed by atoms with E-state index in [0.717, 1.165) is 46.3 Å². The van der Waals surface area contributed by atoms with Crippen LogP contribution in [0.15, 0.2) is 63.6 Å². The summed E-state index contributed by atoms with van der Waals surface area (Å²) in [6.45, 7) is 0.890. The van der Waals surface area contributed by atoms with Gasteiger partial charge in [0, 0.05) is 24.6 Å². The Hall–Kier alpha value is -3.10. The highest BCUT2D eigenvalue weighted by atomic mass is 32.1. The van der Waals surface area contributed by atoms with Crippen LogP contribution in [-0.2, 0) is 11.3 Å². The van der Waals surface area contributed by atoms with E-state index in [1.165, 1.54) is 0 Å². The molecule has 2 aromatic heterocycles. The van der Waals surface area contributed by atoms with Crippen molar-refractivity contribution in [3.05, 3.63) is 70.3 Å². The molecule has 33 heavy (non-hydrogen) atoms. The van der Waals surface area contributed by atoms with Crippen molar-refractivity contribution in [2.45, 2.75) is 37.9 Å². The number of rotatable bonds is 9. The number of methoxy groups -OCH3 is 2. The molecule has 0 bridgehead atoms. The first kappa shape index (κ1) is 21.7. The van der Waals surface area contributed by atoms with Gasteiger partial charge in [-0.3, -0.25) is 9.69 Å². The highest BCUT2D eigenvalue weighted by Gasteiger charge is 2.38. The van der Waals surface area contributed by atoms with Gasteiger partial charge in [-0.15, -0.1) is 11.3 Å². The van der Waals surface area contributed by atoms with Gasteiger partial charge in [0.15, 0.2) is 0 Å². The second kappa shape index (κ2) is 9.41. The fourth-order valence-electron chi connectivity index (χ4n) is 4.26. The summed E-state index contributed by atoms with van der Waals surface area (Å²) in [5, 5.41) is 8.39. The highest BCUT2D eigenvalue weighted by Crippen LogP contribution is 2.36. The van der Waals surface area contributed by atoms with Crippen molar-refractivity contribution in [3.8, 4) is 11.5 Å². The largest absolute Gasteiger partial charge is 0.497 e. The van der Waals surface area contributed by atoms with Crippen molar-refractivity contribution in [1.82, 2.24) is 9.91 Å². The number of amides is 1. The Morgan fingerprint density at radius 2 is 2.09 bits per heavy atom. The van der Waals surface area contributed by atoms with E-state index < -0.39 is 0 Å². The molecule has 0 spiro atoms. The molecule has 1 amide bonds. The topological polar surface area (TPSA) is 67.5 Å². The van der Waals surface area contributed by atoms with Gasteiger partial charge in [0.2, 0.25) is 0 Å². The van der Waals surface area contributed by atoms with E-state index in [0.29, 0.717) is 19.0 Å². The summed E-state index contributed by atoms with van der Waals surface area (Å²) in [7, 11) is 3.32. The zero-order chi connectivity index (χ0) is 22.8. The lowest BCUT2D eigenvalue weighted by Gasteiger charge is -2.26. The molecule has 5 rings (SSSR count). The van der Waals surface area contributed by atoms with Crippen molar-refractivity contribution in [2.75, 3.05) is 20.8 Å². The molecule has 3 heterocycles. The van der Waals surface area contributed by atoms with E-state index in [1.54, 1.807) is 36.8 Å². The summed E-state index contributed by atoms with van der Waals surface area (Å²) >= 11 is 1.64. The number of hydrogen-bond donors (Lipinski definition) is 0.